The second kappa shape index (κ2) is 9.14. The molecule has 1 aromatic carbocycles. The zero-order valence-corrected chi connectivity index (χ0v) is 15.5. The third-order valence-electron chi connectivity index (χ3n) is 3.70. The molecule has 132 valence electrons. The Bertz CT molecular complexity index is 466. The lowest BCUT2D eigenvalue weighted by Crippen LogP contribution is -2.32. The van der Waals surface area contributed by atoms with Crippen LogP contribution in [0.4, 0.5) is 0 Å². The van der Waals surface area contributed by atoms with Crippen LogP contribution in [0, 0.1) is 5.92 Å². The number of benzene rings is 1. The quantitative estimate of drug-likeness (QED) is 0.684. The summed E-state index contributed by atoms with van der Waals surface area (Å²) in [7, 11) is 1.66. The third kappa shape index (κ3) is 7.23. The molecule has 1 rings (SSSR count). The number of ether oxygens (including phenoxy) is 2. The van der Waals surface area contributed by atoms with Gasteiger partial charge in [0.15, 0.2) is 0 Å². The van der Waals surface area contributed by atoms with Crippen LogP contribution in [0.15, 0.2) is 18.2 Å². The van der Waals surface area contributed by atoms with Crippen LogP contribution in [0.3, 0.4) is 0 Å². The standard InChI is InChI=1S/C19H33NO3/c1-14(2)9-10-20-12-15(21)13-23-18-8-7-16(22-6)11-17(18)19(3,4)5/h7-8,11,14-15,20-21H,9-10,12-13H2,1-6H3/t15-/m1/s1. The lowest BCUT2D eigenvalue weighted by Gasteiger charge is -2.24. The van der Waals surface area contributed by atoms with Crippen LogP contribution < -0.4 is 14.8 Å². The molecule has 1 atom stereocenters. The summed E-state index contributed by atoms with van der Waals surface area (Å²) in [6.07, 6.45) is 0.595. The van der Waals surface area contributed by atoms with Gasteiger partial charge in [0.25, 0.3) is 0 Å². The van der Waals surface area contributed by atoms with Crippen molar-refractivity contribution in [2.75, 3.05) is 26.8 Å². The first-order chi connectivity index (χ1) is 10.7. The Labute approximate surface area is 141 Å². The Kier molecular flexibility index (Phi) is 7.86. The van der Waals surface area contributed by atoms with E-state index in [-0.39, 0.29) is 12.0 Å². The summed E-state index contributed by atoms with van der Waals surface area (Å²) in [5, 5.41) is 13.3. The fraction of sp³-hybridized carbons (Fsp3) is 0.684. The SMILES string of the molecule is COc1ccc(OC[C@H](O)CNCCC(C)C)c(C(C)(C)C)c1. The van der Waals surface area contributed by atoms with Gasteiger partial charge in [-0.3, -0.25) is 0 Å². The molecule has 0 heterocycles. The summed E-state index contributed by atoms with van der Waals surface area (Å²) >= 11 is 0. The molecule has 0 radical (unpaired) electrons. The van der Waals surface area contributed by atoms with Crippen molar-refractivity contribution in [2.24, 2.45) is 5.92 Å². The molecule has 0 fully saturated rings. The van der Waals surface area contributed by atoms with Crippen molar-refractivity contribution in [1.82, 2.24) is 5.32 Å². The van der Waals surface area contributed by atoms with E-state index in [0.717, 1.165) is 30.0 Å². The van der Waals surface area contributed by atoms with Gasteiger partial charge in [-0.25, -0.2) is 0 Å². The van der Waals surface area contributed by atoms with E-state index < -0.39 is 6.10 Å². The Morgan fingerprint density at radius 3 is 2.48 bits per heavy atom. The largest absolute Gasteiger partial charge is 0.497 e. The molecule has 4 nitrogen and oxygen atoms in total. The van der Waals surface area contributed by atoms with E-state index in [2.05, 4.69) is 39.9 Å². The van der Waals surface area contributed by atoms with Gasteiger partial charge in [0.2, 0.25) is 0 Å². The van der Waals surface area contributed by atoms with Crippen LogP contribution in [-0.2, 0) is 5.41 Å². The fourth-order valence-electron chi connectivity index (χ4n) is 2.25. The van der Waals surface area contributed by atoms with E-state index in [0.29, 0.717) is 12.5 Å². The highest BCUT2D eigenvalue weighted by atomic mass is 16.5. The summed E-state index contributed by atoms with van der Waals surface area (Å²) in [6.45, 7) is 12.6. The number of aliphatic hydroxyl groups excluding tert-OH is 1. The summed E-state index contributed by atoms with van der Waals surface area (Å²) < 4.78 is 11.2. The highest BCUT2D eigenvalue weighted by molar-refractivity contribution is 5.44. The van der Waals surface area contributed by atoms with Gasteiger partial charge in [-0.1, -0.05) is 34.6 Å². The minimum atomic E-state index is -0.517. The zero-order chi connectivity index (χ0) is 17.5. The van der Waals surface area contributed by atoms with Crippen LogP contribution in [-0.4, -0.2) is 38.0 Å². The maximum absolute atomic E-state index is 10.1. The average Bonchev–Trinajstić information content (AvgIpc) is 2.48. The molecule has 0 aromatic heterocycles. The van der Waals surface area contributed by atoms with Crippen molar-refractivity contribution in [3.8, 4) is 11.5 Å². The van der Waals surface area contributed by atoms with Crippen molar-refractivity contribution >= 4 is 0 Å². The Morgan fingerprint density at radius 1 is 1.22 bits per heavy atom. The molecular formula is C19H33NO3. The Balaban J connectivity index is 2.56. The smallest absolute Gasteiger partial charge is 0.123 e. The highest BCUT2D eigenvalue weighted by Gasteiger charge is 2.20. The molecule has 0 spiro atoms. The molecule has 0 aliphatic heterocycles. The molecule has 0 saturated heterocycles. The summed E-state index contributed by atoms with van der Waals surface area (Å²) in [5.74, 6) is 2.29. The molecule has 23 heavy (non-hydrogen) atoms. The number of rotatable bonds is 9. The Hall–Kier alpha value is -1.26. The second-order valence-corrected chi connectivity index (χ2v) is 7.46. The third-order valence-corrected chi connectivity index (χ3v) is 3.70. The van der Waals surface area contributed by atoms with Crippen LogP contribution in [0.1, 0.15) is 46.6 Å². The van der Waals surface area contributed by atoms with Crippen molar-refractivity contribution in [3.63, 3.8) is 0 Å². The number of methoxy groups -OCH3 is 1. The predicted molar refractivity (Wildman–Crippen MR) is 95.5 cm³/mol. The molecule has 0 unspecified atom stereocenters. The lowest BCUT2D eigenvalue weighted by atomic mass is 9.86. The van der Waals surface area contributed by atoms with Crippen molar-refractivity contribution < 1.29 is 14.6 Å². The van der Waals surface area contributed by atoms with Crippen LogP contribution in [0.2, 0.25) is 0 Å². The number of nitrogens with one attached hydrogen (secondary N) is 1. The van der Waals surface area contributed by atoms with Gasteiger partial charge >= 0.3 is 0 Å². The average molecular weight is 323 g/mol. The van der Waals surface area contributed by atoms with E-state index in [4.69, 9.17) is 9.47 Å². The first-order valence-corrected chi connectivity index (χ1v) is 8.44. The molecule has 4 heteroatoms. The molecule has 0 aliphatic carbocycles. The second-order valence-electron chi connectivity index (χ2n) is 7.46. The summed E-state index contributed by atoms with van der Waals surface area (Å²) in [4.78, 5) is 0. The predicted octanol–water partition coefficient (Wildman–Crippen LogP) is 3.37. The molecule has 0 bridgehead atoms. The van der Waals surface area contributed by atoms with Gasteiger partial charge < -0.3 is 19.9 Å². The maximum atomic E-state index is 10.1. The van der Waals surface area contributed by atoms with E-state index in [1.807, 2.05) is 18.2 Å². The topological polar surface area (TPSA) is 50.7 Å². The van der Waals surface area contributed by atoms with Crippen LogP contribution >= 0.6 is 0 Å². The Morgan fingerprint density at radius 2 is 1.91 bits per heavy atom. The van der Waals surface area contributed by atoms with E-state index in [1.54, 1.807) is 7.11 Å². The number of hydrogen-bond donors (Lipinski definition) is 2. The first kappa shape index (κ1) is 19.8. The highest BCUT2D eigenvalue weighted by Crippen LogP contribution is 2.34. The molecule has 2 N–H and O–H groups in total. The molecule has 0 saturated carbocycles. The monoisotopic (exact) mass is 323 g/mol. The van der Waals surface area contributed by atoms with Gasteiger partial charge in [-0.05, 0) is 42.5 Å². The van der Waals surface area contributed by atoms with Gasteiger partial charge in [0.1, 0.15) is 24.2 Å². The van der Waals surface area contributed by atoms with Gasteiger partial charge in [0.05, 0.1) is 7.11 Å². The molecular weight excluding hydrogens is 290 g/mol. The van der Waals surface area contributed by atoms with Crippen LogP contribution in [0.5, 0.6) is 11.5 Å². The number of hydrogen-bond acceptors (Lipinski definition) is 4. The minimum absolute atomic E-state index is 0.0512. The van der Waals surface area contributed by atoms with E-state index >= 15 is 0 Å². The van der Waals surface area contributed by atoms with Crippen LogP contribution in [0.25, 0.3) is 0 Å². The fourth-order valence-corrected chi connectivity index (χ4v) is 2.25. The van der Waals surface area contributed by atoms with Gasteiger partial charge in [0, 0.05) is 12.1 Å². The molecule has 0 aliphatic rings. The van der Waals surface area contributed by atoms with E-state index in [1.165, 1.54) is 0 Å². The van der Waals surface area contributed by atoms with Crippen molar-refractivity contribution in [1.29, 1.82) is 0 Å². The van der Waals surface area contributed by atoms with E-state index in [9.17, 15) is 5.11 Å². The maximum Gasteiger partial charge on any atom is 0.123 e. The lowest BCUT2D eigenvalue weighted by molar-refractivity contribution is 0.105. The van der Waals surface area contributed by atoms with Crippen molar-refractivity contribution in [3.05, 3.63) is 23.8 Å². The van der Waals surface area contributed by atoms with Gasteiger partial charge in [-0.2, -0.15) is 0 Å². The minimum Gasteiger partial charge on any atom is -0.497 e. The normalized spacial score (nSPS) is 13.2. The molecule has 0 amide bonds. The summed E-state index contributed by atoms with van der Waals surface area (Å²) in [6, 6.07) is 5.80. The van der Waals surface area contributed by atoms with Gasteiger partial charge in [-0.15, -0.1) is 0 Å². The van der Waals surface area contributed by atoms with Crippen molar-refractivity contribution in [2.45, 2.75) is 52.6 Å². The molecule has 1 aromatic rings. The zero-order valence-electron chi connectivity index (χ0n) is 15.5. The summed E-state index contributed by atoms with van der Waals surface area (Å²) in [5.41, 5.74) is 1.03. The first-order valence-electron chi connectivity index (χ1n) is 8.44. The number of aliphatic hydroxyl groups is 1.